The molecule has 20 heavy (non-hydrogen) atoms. The van der Waals surface area contributed by atoms with Crippen molar-refractivity contribution in [3.05, 3.63) is 23.0 Å². The van der Waals surface area contributed by atoms with Crippen LogP contribution in [-0.4, -0.2) is 39.2 Å². The molecule has 1 amide bonds. The number of hydrogen-bond acceptors (Lipinski definition) is 2. The van der Waals surface area contributed by atoms with Gasteiger partial charge in [0.2, 0.25) is 0 Å². The fourth-order valence-corrected chi connectivity index (χ4v) is 3.90. The molecule has 0 aromatic carbocycles. The van der Waals surface area contributed by atoms with Crippen molar-refractivity contribution in [1.82, 2.24) is 9.47 Å². The third kappa shape index (κ3) is 2.35. The Labute approximate surface area is 124 Å². The molecular formula is C15H21ClN2O2. The summed E-state index contributed by atoms with van der Waals surface area (Å²) < 4.78 is 1.77. The summed E-state index contributed by atoms with van der Waals surface area (Å²) in [6.07, 6.45) is 6.61. The molecule has 0 spiro atoms. The molecule has 2 heterocycles. The number of carbonyl (C=O) groups excluding carboxylic acids is 1. The highest BCUT2D eigenvalue weighted by Crippen LogP contribution is 2.40. The molecule has 3 rings (SSSR count). The predicted molar refractivity (Wildman–Crippen MR) is 77.9 cm³/mol. The molecule has 2 atom stereocenters. The Morgan fingerprint density at radius 1 is 1.45 bits per heavy atom. The zero-order valence-corrected chi connectivity index (χ0v) is 12.6. The van der Waals surface area contributed by atoms with E-state index in [1.165, 1.54) is 0 Å². The summed E-state index contributed by atoms with van der Waals surface area (Å²) >= 11 is 5.95. The molecule has 0 radical (unpaired) electrons. The Morgan fingerprint density at radius 3 is 2.95 bits per heavy atom. The van der Waals surface area contributed by atoms with Crippen LogP contribution in [-0.2, 0) is 7.05 Å². The number of aryl methyl sites for hydroxylation is 1. The average Bonchev–Trinajstić information content (AvgIpc) is 2.76. The number of carbonyl (C=O) groups is 1. The number of aliphatic hydroxyl groups is 1. The highest BCUT2D eigenvalue weighted by atomic mass is 35.5. The van der Waals surface area contributed by atoms with Crippen LogP contribution in [0.25, 0.3) is 0 Å². The van der Waals surface area contributed by atoms with Crippen LogP contribution < -0.4 is 0 Å². The lowest BCUT2D eigenvalue weighted by Gasteiger charge is -2.47. The molecule has 0 bridgehead atoms. The van der Waals surface area contributed by atoms with Gasteiger partial charge >= 0.3 is 0 Å². The molecule has 2 fully saturated rings. The van der Waals surface area contributed by atoms with E-state index in [2.05, 4.69) is 0 Å². The number of fused-ring (bicyclic) bond motifs is 1. The molecule has 4 nitrogen and oxygen atoms in total. The maximum Gasteiger partial charge on any atom is 0.270 e. The number of amides is 1. The van der Waals surface area contributed by atoms with Crippen molar-refractivity contribution in [2.45, 2.75) is 37.7 Å². The maximum atomic E-state index is 12.6. The second kappa shape index (κ2) is 5.08. The van der Waals surface area contributed by atoms with Crippen LogP contribution in [0.5, 0.6) is 0 Å². The van der Waals surface area contributed by atoms with E-state index in [9.17, 15) is 9.90 Å². The molecule has 1 aromatic rings. The topological polar surface area (TPSA) is 45.5 Å². The molecule has 2 unspecified atom stereocenters. The molecule has 1 N–H and O–H groups in total. The van der Waals surface area contributed by atoms with Gasteiger partial charge in [-0.05, 0) is 25.3 Å². The average molecular weight is 297 g/mol. The zero-order valence-electron chi connectivity index (χ0n) is 11.8. The Kier molecular flexibility index (Phi) is 3.55. The fraction of sp³-hybridized carbons (Fsp3) is 0.667. The predicted octanol–water partition coefficient (Wildman–Crippen LogP) is 2.45. The Balaban J connectivity index is 1.76. The van der Waals surface area contributed by atoms with E-state index in [0.717, 1.165) is 25.7 Å². The molecule has 1 aliphatic heterocycles. The summed E-state index contributed by atoms with van der Waals surface area (Å²) in [4.78, 5) is 14.4. The minimum Gasteiger partial charge on any atom is -0.389 e. The standard InChI is InChI=1S/C15H21ClN2O2/c1-17-10-12(16)8-13(17)14(19)18-7-6-15(20)5-3-2-4-11(15)9-18/h8,10-11,20H,2-7,9H2,1H3. The van der Waals surface area contributed by atoms with Crippen LogP contribution in [0.15, 0.2) is 12.3 Å². The highest BCUT2D eigenvalue weighted by molar-refractivity contribution is 6.31. The van der Waals surface area contributed by atoms with E-state index >= 15 is 0 Å². The Bertz CT molecular complexity index is 528. The SMILES string of the molecule is Cn1cc(Cl)cc1C(=O)N1CCC2(O)CCCCC2C1. The van der Waals surface area contributed by atoms with Gasteiger partial charge in [0.25, 0.3) is 5.91 Å². The first kappa shape index (κ1) is 14.0. The third-order valence-electron chi connectivity index (χ3n) is 4.91. The lowest BCUT2D eigenvalue weighted by Crippen LogP contribution is -2.54. The summed E-state index contributed by atoms with van der Waals surface area (Å²) in [7, 11) is 1.83. The summed E-state index contributed by atoms with van der Waals surface area (Å²) in [5.41, 5.74) is 0.0807. The van der Waals surface area contributed by atoms with Crippen LogP contribution in [0.3, 0.4) is 0 Å². The second-order valence-corrected chi connectivity index (χ2v) is 6.64. The van der Waals surface area contributed by atoms with Gasteiger partial charge in [0.05, 0.1) is 10.6 Å². The smallest absolute Gasteiger partial charge is 0.270 e. The van der Waals surface area contributed by atoms with Crippen LogP contribution in [0.4, 0.5) is 0 Å². The van der Waals surface area contributed by atoms with Crippen molar-refractivity contribution >= 4 is 17.5 Å². The van der Waals surface area contributed by atoms with Gasteiger partial charge in [0, 0.05) is 32.3 Å². The van der Waals surface area contributed by atoms with Crippen LogP contribution in [0.1, 0.15) is 42.6 Å². The third-order valence-corrected chi connectivity index (χ3v) is 5.11. The summed E-state index contributed by atoms with van der Waals surface area (Å²) in [6.45, 7) is 1.30. The number of aromatic nitrogens is 1. The number of hydrogen-bond donors (Lipinski definition) is 1. The van der Waals surface area contributed by atoms with E-state index in [0.29, 0.717) is 30.2 Å². The molecule has 2 aliphatic rings. The first-order chi connectivity index (χ1) is 9.49. The minimum absolute atomic E-state index is 0.0204. The van der Waals surface area contributed by atoms with Crippen LogP contribution >= 0.6 is 11.6 Å². The summed E-state index contributed by atoms with van der Waals surface area (Å²) in [5.74, 6) is 0.247. The van der Waals surface area contributed by atoms with E-state index < -0.39 is 5.60 Å². The second-order valence-electron chi connectivity index (χ2n) is 6.20. The first-order valence-corrected chi connectivity index (χ1v) is 7.71. The zero-order chi connectivity index (χ0) is 14.3. The van der Waals surface area contributed by atoms with E-state index in [-0.39, 0.29) is 11.8 Å². The largest absolute Gasteiger partial charge is 0.389 e. The van der Waals surface area contributed by atoms with Crippen LogP contribution in [0.2, 0.25) is 5.02 Å². The van der Waals surface area contributed by atoms with E-state index in [1.807, 2.05) is 11.9 Å². The lowest BCUT2D eigenvalue weighted by atomic mass is 9.71. The molecule has 1 aliphatic carbocycles. The Morgan fingerprint density at radius 2 is 2.25 bits per heavy atom. The van der Waals surface area contributed by atoms with E-state index in [4.69, 9.17) is 11.6 Å². The van der Waals surface area contributed by atoms with Gasteiger partial charge < -0.3 is 14.6 Å². The van der Waals surface area contributed by atoms with Gasteiger partial charge in [-0.15, -0.1) is 0 Å². The molecule has 1 aromatic heterocycles. The van der Waals surface area contributed by atoms with Crippen molar-refractivity contribution in [1.29, 1.82) is 0 Å². The normalized spacial score (nSPS) is 30.1. The number of piperidine rings is 1. The number of rotatable bonds is 1. The monoisotopic (exact) mass is 296 g/mol. The number of likely N-dealkylation sites (tertiary alicyclic amines) is 1. The molecule has 1 saturated heterocycles. The molecular weight excluding hydrogens is 276 g/mol. The Hall–Kier alpha value is -1.00. The fourth-order valence-electron chi connectivity index (χ4n) is 3.65. The molecule has 5 heteroatoms. The van der Waals surface area contributed by atoms with Gasteiger partial charge in [0.1, 0.15) is 5.69 Å². The summed E-state index contributed by atoms with van der Waals surface area (Å²) in [5, 5.41) is 11.2. The van der Waals surface area contributed by atoms with Crippen molar-refractivity contribution in [2.75, 3.05) is 13.1 Å². The van der Waals surface area contributed by atoms with Crippen molar-refractivity contribution in [3.8, 4) is 0 Å². The molecule has 1 saturated carbocycles. The maximum absolute atomic E-state index is 12.6. The van der Waals surface area contributed by atoms with Crippen molar-refractivity contribution < 1.29 is 9.90 Å². The van der Waals surface area contributed by atoms with Gasteiger partial charge in [-0.1, -0.05) is 24.4 Å². The van der Waals surface area contributed by atoms with Gasteiger partial charge in [0.15, 0.2) is 0 Å². The first-order valence-electron chi connectivity index (χ1n) is 7.33. The van der Waals surface area contributed by atoms with Crippen LogP contribution in [0, 0.1) is 5.92 Å². The van der Waals surface area contributed by atoms with Crippen molar-refractivity contribution in [3.63, 3.8) is 0 Å². The lowest BCUT2D eigenvalue weighted by molar-refractivity contribution is -0.0887. The number of halogens is 1. The molecule has 110 valence electrons. The minimum atomic E-state index is -0.541. The van der Waals surface area contributed by atoms with Gasteiger partial charge in [-0.25, -0.2) is 0 Å². The van der Waals surface area contributed by atoms with E-state index in [1.54, 1.807) is 16.8 Å². The van der Waals surface area contributed by atoms with Gasteiger partial charge in [-0.2, -0.15) is 0 Å². The summed E-state index contributed by atoms with van der Waals surface area (Å²) in [6, 6.07) is 1.71. The van der Waals surface area contributed by atoms with Crippen molar-refractivity contribution in [2.24, 2.45) is 13.0 Å². The van der Waals surface area contributed by atoms with Gasteiger partial charge in [-0.3, -0.25) is 4.79 Å². The quantitative estimate of drug-likeness (QED) is 0.865. The highest BCUT2D eigenvalue weighted by Gasteiger charge is 2.44. The number of nitrogens with zero attached hydrogens (tertiary/aromatic N) is 2.